The summed E-state index contributed by atoms with van der Waals surface area (Å²) in [6.07, 6.45) is -0.924. The lowest BCUT2D eigenvalue weighted by molar-refractivity contribution is -0.156. The van der Waals surface area contributed by atoms with Gasteiger partial charge >= 0.3 is 5.97 Å². The summed E-state index contributed by atoms with van der Waals surface area (Å²) in [7, 11) is 1.77. The predicted molar refractivity (Wildman–Crippen MR) is 241 cm³/mol. The second-order valence-electron chi connectivity index (χ2n) is 16.4. The van der Waals surface area contributed by atoms with Gasteiger partial charge in [0.15, 0.2) is 0 Å². The average Bonchev–Trinajstić information content (AvgIpc) is 3.26. The van der Waals surface area contributed by atoms with Crippen molar-refractivity contribution in [1.82, 2.24) is 21.3 Å². The van der Waals surface area contributed by atoms with Gasteiger partial charge in [-0.1, -0.05) is 169 Å². The predicted octanol–water partition coefficient (Wildman–Crippen LogP) is 8.20. The quantitative estimate of drug-likeness (QED) is 0.0339. The van der Waals surface area contributed by atoms with E-state index < -0.39 is 41.3 Å². The third-order valence-corrected chi connectivity index (χ3v) is 10.7. The number of nitrogens with one attached hydrogen (secondary N) is 4. The molecule has 0 aromatic heterocycles. The van der Waals surface area contributed by atoms with E-state index in [-0.39, 0.29) is 13.0 Å². The van der Waals surface area contributed by atoms with Crippen molar-refractivity contribution in [2.24, 2.45) is 0 Å². The normalized spacial score (nSPS) is 13.2. The van der Waals surface area contributed by atoms with Crippen LogP contribution < -0.4 is 21.3 Å². The fourth-order valence-electron chi connectivity index (χ4n) is 7.57. The number of benzene rings is 6. The zero-order chi connectivity index (χ0) is 42.5. The number of hydrogen-bond donors (Lipinski definition) is 5. The number of ether oxygens (including phenoxy) is 1. The van der Waals surface area contributed by atoms with Gasteiger partial charge in [0.1, 0.15) is 11.8 Å². The van der Waals surface area contributed by atoms with Crippen LogP contribution >= 0.6 is 0 Å². The van der Waals surface area contributed by atoms with E-state index in [0.29, 0.717) is 13.0 Å². The molecule has 0 spiro atoms. The Labute approximate surface area is 355 Å². The van der Waals surface area contributed by atoms with Gasteiger partial charge < -0.3 is 20.5 Å². The van der Waals surface area contributed by atoms with Gasteiger partial charge in [0.2, 0.25) is 5.91 Å². The minimum atomic E-state index is -1.15. The monoisotopic (exact) mass is 802 g/mol. The summed E-state index contributed by atoms with van der Waals surface area (Å²) < 4.78 is 5.60. The van der Waals surface area contributed by atoms with E-state index in [0.717, 1.165) is 44.5 Å². The lowest BCUT2D eigenvalue weighted by Gasteiger charge is -2.37. The van der Waals surface area contributed by atoms with Crippen LogP contribution in [0.5, 0.6) is 0 Å². The van der Waals surface area contributed by atoms with Crippen molar-refractivity contribution < 1.29 is 19.4 Å². The van der Waals surface area contributed by atoms with Gasteiger partial charge in [0.05, 0.1) is 24.0 Å². The third-order valence-electron chi connectivity index (χ3n) is 10.7. The van der Waals surface area contributed by atoms with Crippen LogP contribution in [0.1, 0.15) is 66.1 Å². The Bertz CT molecular complexity index is 2220. The molecule has 8 heteroatoms. The average molecular weight is 803 g/mol. The molecule has 0 radical (unpaired) electrons. The maximum atomic E-state index is 13.9. The van der Waals surface area contributed by atoms with Gasteiger partial charge in [-0.25, -0.2) is 0 Å². The highest BCUT2D eigenvalue weighted by molar-refractivity contribution is 5.86. The summed E-state index contributed by atoms with van der Waals surface area (Å²) >= 11 is 0. The van der Waals surface area contributed by atoms with Crippen LogP contribution in [0.3, 0.4) is 0 Å². The Morgan fingerprint density at radius 3 is 1.73 bits per heavy atom. The molecule has 0 aliphatic rings. The molecule has 0 aliphatic heterocycles. The van der Waals surface area contributed by atoms with Crippen LogP contribution in [-0.2, 0) is 39.4 Å². The van der Waals surface area contributed by atoms with Crippen molar-refractivity contribution >= 4 is 11.9 Å². The first-order chi connectivity index (χ1) is 28.9. The number of rotatable bonds is 18. The van der Waals surface area contributed by atoms with Crippen LogP contribution in [-0.4, -0.2) is 47.9 Å². The summed E-state index contributed by atoms with van der Waals surface area (Å²) in [5, 5.41) is 24.7. The van der Waals surface area contributed by atoms with E-state index in [1.54, 1.807) is 27.8 Å². The van der Waals surface area contributed by atoms with E-state index in [1.165, 1.54) is 5.56 Å². The molecule has 5 N–H and O–H groups in total. The molecule has 3 atom stereocenters. The van der Waals surface area contributed by atoms with Crippen molar-refractivity contribution in [3.8, 4) is 11.1 Å². The maximum Gasteiger partial charge on any atom is 0.308 e. The Hall–Kier alpha value is -5.90. The van der Waals surface area contributed by atoms with Crippen molar-refractivity contribution in [3.05, 3.63) is 203 Å². The molecule has 0 bridgehead atoms. The summed E-state index contributed by atoms with van der Waals surface area (Å²) in [6, 6.07) is 54.6. The lowest BCUT2D eigenvalue weighted by atomic mass is 9.76. The summed E-state index contributed by atoms with van der Waals surface area (Å²) in [6.45, 7) is 8.21. The molecule has 6 rings (SSSR count). The SMILES string of the molecule is CN[C@@H](Cc1ccc(-c2ccccc2)cc1)[C@H](O)N[C@@H](CC(=O)OC(C)(C)C)C(=O)NCc1cccc(CNC(c2ccccc2)(c2ccccc2)c2ccc(C)cc2)c1. The Kier molecular flexibility index (Phi) is 14.8. The first-order valence-electron chi connectivity index (χ1n) is 20.7. The van der Waals surface area contributed by atoms with E-state index in [9.17, 15) is 14.7 Å². The third kappa shape index (κ3) is 11.6. The standard InChI is InChI=1S/C52H58N4O4/c1-37-24-30-45(31-25-37)52(43-20-11-7-12-21-43,44-22-13-8-14-23-44)55-36-40-17-15-16-39(32-40)35-54-49(58)47(34-48(57)60-51(2,3)4)56-50(59)46(53-5)33-38-26-28-42(29-27-38)41-18-9-6-10-19-41/h6-32,46-47,50,53,55-56,59H,33-36H2,1-5H3,(H,54,58)/t46-,47-,50-/m0/s1. The topological polar surface area (TPSA) is 112 Å². The second-order valence-corrected chi connectivity index (χ2v) is 16.4. The Morgan fingerprint density at radius 2 is 1.17 bits per heavy atom. The Morgan fingerprint density at radius 1 is 0.633 bits per heavy atom. The number of amides is 1. The number of likely N-dealkylation sites (N-methyl/N-ethyl adjacent to an activating group) is 1. The molecule has 0 saturated carbocycles. The molecule has 8 nitrogen and oxygen atoms in total. The highest BCUT2D eigenvalue weighted by Crippen LogP contribution is 2.37. The number of carbonyl (C=O) groups excluding carboxylic acids is 2. The molecule has 0 aliphatic carbocycles. The molecule has 0 saturated heterocycles. The maximum absolute atomic E-state index is 13.9. The molecule has 6 aromatic rings. The summed E-state index contributed by atoms with van der Waals surface area (Å²) in [5.74, 6) is -0.959. The number of carbonyl (C=O) groups is 2. The van der Waals surface area contributed by atoms with Gasteiger partial charge in [-0.2, -0.15) is 0 Å². The van der Waals surface area contributed by atoms with Crippen LogP contribution in [0.15, 0.2) is 164 Å². The molecule has 310 valence electrons. The smallest absolute Gasteiger partial charge is 0.308 e. The second kappa shape index (κ2) is 20.4. The Balaban J connectivity index is 1.16. The van der Waals surface area contributed by atoms with Crippen molar-refractivity contribution in [3.63, 3.8) is 0 Å². The highest BCUT2D eigenvalue weighted by Gasteiger charge is 2.36. The zero-order valence-corrected chi connectivity index (χ0v) is 35.3. The fourth-order valence-corrected chi connectivity index (χ4v) is 7.57. The number of hydrogen-bond acceptors (Lipinski definition) is 7. The van der Waals surface area contributed by atoms with E-state index in [2.05, 4.69) is 137 Å². The van der Waals surface area contributed by atoms with Crippen molar-refractivity contribution in [1.29, 1.82) is 0 Å². The minimum absolute atomic E-state index is 0.221. The van der Waals surface area contributed by atoms with Crippen molar-refractivity contribution in [2.45, 2.75) is 83.1 Å². The van der Waals surface area contributed by atoms with Gasteiger partial charge in [-0.05, 0) is 85.7 Å². The molecular weight excluding hydrogens is 745 g/mol. The summed E-state index contributed by atoms with van der Waals surface area (Å²) in [4.78, 5) is 27.0. The highest BCUT2D eigenvalue weighted by atomic mass is 16.6. The molecule has 0 fully saturated rings. The van der Waals surface area contributed by atoms with E-state index in [1.807, 2.05) is 54.6 Å². The van der Waals surface area contributed by atoms with Crippen molar-refractivity contribution in [2.75, 3.05) is 7.05 Å². The molecule has 1 amide bonds. The first-order valence-corrected chi connectivity index (χ1v) is 20.7. The first kappa shape index (κ1) is 43.7. The summed E-state index contributed by atoms with van der Waals surface area (Å²) in [5.41, 5.74) is 8.36. The largest absolute Gasteiger partial charge is 0.460 e. The molecule has 6 aromatic carbocycles. The van der Waals surface area contributed by atoms with Crippen LogP contribution in [0.25, 0.3) is 11.1 Å². The number of esters is 1. The molecule has 0 heterocycles. The van der Waals surface area contributed by atoms with Crippen LogP contribution in [0.4, 0.5) is 0 Å². The minimum Gasteiger partial charge on any atom is -0.460 e. The fraction of sp³-hybridized carbons (Fsp3) is 0.269. The van der Waals surface area contributed by atoms with E-state index >= 15 is 0 Å². The molecule has 60 heavy (non-hydrogen) atoms. The number of aryl methyl sites for hydroxylation is 1. The van der Waals surface area contributed by atoms with Gasteiger partial charge in [-0.3, -0.25) is 20.2 Å². The van der Waals surface area contributed by atoms with Crippen LogP contribution in [0, 0.1) is 6.92 Å². The number of aliphatic hydroxyl groups is 1. The molecular formula is C52H58N4O4. The van der Waals surface area contributed by atoms with Gasteiger partial charge in [0, 0.05) is 13.1 Å². The zero-order valence-electron chi connectivity index (χ0n) is 35.3. The van der Waals surface area contributed by atoms with Gasteiger partial charge in [-0.15, -0.1) is 0 Å². The van der Waals surface area contributed by atoms with Crippen LogP contribution in [0.2, 0.25) is 0 Å². The van der Waals surface area contributed by atoms with E-state index in [4.69, 9.17) is 4.74 Å². The lowest BCUT2D eigenvalue weighted by Crippen LogP contribution is -2.56. The van der Waals surface area contributed by atoms with Gasteiger partial charge in [0.25, 0.3) is 0 Å². The molecule has 0 unspecified atom stereocenters. The number of aliphatic hydroxyl groups excluding tert-OH is 1.